The first-order valence-electron chi connectivity index (χ1n) is 7.15. The van der Waals surface area contributed by atoms with E-state index in [-0.39, 0.29) is 0 Å². The van der Waals surface area contributed by atoms with Crippen LogP contribution >= 0.6 is 15.9 Å². The van der Waals surface area contributed by atoms with E-state index in [2.05, 4.69) is 21.2 Å². The molecule has 1 aliphatic rings. The summed E-state index contributed by atoms with van der Waals surface area (Å²) in [5.41, 5.74) is 0.332. The molecular formula is C15H18BrNO5. The molecular weight excluding hydrogens is 354 g/mol. The van der Waals surface area contributed by atoms with Gasteiger partial charge in [-0.15, -0.1) is 0 Å². The summed E-state index contributed by atoms with van der Waals surface area (Å²) in [5, 5.41) is 11.7. The summed E-state index contributed by atoms with van der Waals surface area (Å²) < 4.78 is 11.5. The van der Waals surface area contributed by atoms with E-state index >= 15 is 0 Å². The van der Waals surface area contributed by atoms with Crippen molar-refractivity contribution >= 4 is 27.8 Å². The van der Waals surface area contributed by atoms with Crippen LogP contribution in [0.15, 0.2) is 16.6 Å². The number of unbranched alkanes of at least 4 members (excludes halogenated alkanes) is 1. The summed E-state index contributed by atoms with van der Waals surface area (Å²) in [6, 6.07) is 2.27. The number of carbonyl (C=O) groups excluding carboxylic acids is 1. The number of halogens is 1. The lowest BCUT2D eigenvalue weighted by Gasteiger charge is -2.21. The van der Waals surface area contributed by atoms with Crippen molar-refractivity contribution in [3.05, 3.63) is 22.2 Å². The standard InChI is InChI=1S/C15H18BrNO5/c1-2-3-4-11(15(19)20)17-14(18)9-7-10(16)13-12(8-9)21-5-6-22-13/h7-8,11H,2-6H2,1H3,(H,17,18)(H,19,20). The summed E-state index contributed by atoms with van der Waals surface area (Å²) in [4.78, 5) is 23.5. The fraction of sp³-hybridized carbons (Fsp3) is 0.467. The first kappa shape index (κ1) is 16.6. The number of nitrogens with one attached hydrogen (secondary N) is 1. The highest BCUT2D eigenvalue weighted by Crippen LogP contribution is 2.38. The Labute approximate surface area is 136 Å². The number of hydrogen-bond acceptors (Lipinski definition) is 4. The predicted molar refractivity (Wildman–Crippen MR) is 83.5 cm³/mol. The van der Waals surface area contributed by atoms with Gasteiger partial charge in [-0.3, -0.25) is 4.79 Å². The van der Waals surface area contributed by atoms with Crippen molar-refractivity contribution in [2.45, 2.75) is 32.2 Å². The third-order valence-electron chi connectivity index (χ3n) is 3.31. The molecule has 1 aromatic carbocycles. The Bertz CT molecular complexity index is 575. The Morgan fingerprint density at radius 1 is 1.36 bits per heavy atom. The largest absolute Gasteiger partial charge is 0.486 e. The van der Waals surface area contributed by atoms with Gasteiger partial charge in [0.05, 0.1) is 4.47 Å². The summed E-state index contributed by atoms with van der Waals surface area (Å²) in [7, 11) is 0. The van der Waals surface area contributed by atoms with Gasteiger partial charge < -0.3 is 19.9 Å². The van der Waals surface area contributed by atoms with Crippen LogP contribution < -0.4 is 14.8 Å². The summed E-state index contributed by atoms with van der Waals surface area (Å²) >= 11 is 3.34. The lowest BCUT2D eigenvalue weighted by atomic mass is 10.1. The minimum Gasteiger partial charge on any atom is -0.486 e. The molecule has 1 atom stereocenters. The van der Waals surface area contributed by atoms with Crippen molar-refractivity contribution in [3.63, 3.8) is 0 Å². The first-order chi connectivity index (χ1) is 10.5. The van der Waals surface area contributed by atoms with Gasteiger partial charge in [0.15, 0.2) is 11.5 Å². The molecule has 0 aromatic heterocycles. The van der Waals surface area contributed by atoms with Crippen LogP contribution in [0.4, 0.5) is 0 Å². The number of carboxylic acid groups (broad SMARTS) is 1. The van der Waals surface area contributed by atoms with Gasteiger partial charge in [0.25, 0.3) is 5.91 Å². The van der Waals surface area contributed by atoms with Gasteiger partial charge >= 0.3 is 5.97 Å². The van der Waals surface area contributed by atoms with E-state index in [0.717, 1.165) is 12.8 Å². The van der Waals surface area contributed by atoms with E-state index in [1.807, 2.05) is 6.92 Å². The minimum atomic E-state index is -1.03. The number of amides is 1. The SMILES string of the molecule is CCCCC(NC(=O)c1cc(Br)c2c(c1)OCCO2)C(=O)O. The van der Waals surface area contributed by atoms with Crippen LogP contribution in [0.3, 0.4) is 0 Å². The van der Waals surface area contributed by atoms with Gasteiger partial charge in [-0.25, -0.2) is 4.79 Å². The monoisotopic (exact) mass is 371 g/mol. The second kappa shape index (κ2) is 7.49. The van der Waals surface area contributed by atoms with E-state index in [0.29, 0.717) is 41.2 Å². The van der Waals surface area contributed by atoms with Gasteiger partial charge in [0, 0.05) is 5.56 Å². The van der Waals surface area contributed by atoms with Crippen LogP contribution in [0, 0.1) is 0 Å². The van der Waals surface area contributed by atoms with Crippen LogP contribution in [-0.4, -0.2) is 36.2 Å². The second-order valence-corrected chi connectivity index (χ2v) is 5.84. The maximum absolute atomic E-state index is 12.3. The van der Waals surface area contributed by atoms with E-state index in [9.17, 15) is 14.7 Å². The number of hydrogen-bond donors (Lipinski definition) is 2. The zero-order valence-electron chi connectivity index (χ0n) is 12.2. The van der Waals surface area contributed by atoms with Crippen LogP contribution in [0.1, 0.15) is 36.5 Å². The number of fused-ring (bicyclic) bond motifs is 1. The number of carbonyl (C=O) groups is 2. The van der Waals surface area contributed by atoms with Crippen molar-refractivity contribution in [1.29, 1.82) is 0 Å². The van der Waals surface area contributed by atoms with Gasteiger partial charge in [-0.1, -0.05) is 19.8 Å². The third kappa shape index (κ3) is 3.91. The van der Waals surface area contributed by atoms with Gasteiger partial charge in [-0.2, -0.15) is 0 Å². The highest BCUT2D eigenvalue weighted by atomic mass is 79.9. The normalized spacial score (nSPS) is 14.3. The molecule has 1 heterocycles. The smallest absolute Gasteiger partial charge is 0.326 e. The average Bonchev–Trinajstić information content (AvgIpc) is 2.50. The Morgan fingerprint density at radius 2 is 2.09 bits per heavy atom. The Balaban J connectivity index is 2.15. The molecule has 0 aliphatic carbocycles. The van der Waals surface area contributed by atoms with Crippen molar-refractivity contribution in [1.82, 2.24) is 5.32 Å². The highest BCUT2D eigenvalue weighted by molar-refractivity contribution is 9.10. The van der Waals surface area contributed by atoms with Gasteiger partial charge in [0.1, 0.15) is 19.3 Å². The average molecular weight is 372 g/mol. The molecule has 2 rings (SSSR count). The molecule has 0 spiro atoms. The molecule has 0 bridgehead atoms. The molecule has 22 heavy (non-hydrogen) atoms. The molecule has 7 heteroatoms. The third-order valence-corrected chi connectivity index (χ3v) is 3.90. The van der Waals surface area contributed by atoms with Crippen molar-refractivity contribution in [3.8, 4) is 11.5 Å². The number of aliphatic carboxylic acids is 1. The Morgan fingerprint density at radius 3 is 2.77 bits per heavy atom. The quantitative estimate of drug-likeness (QED) is 0.802. The molecule has 120 valence electrons. The zero-order valence-corrected chi connectivity index (χ0v) is 13.8. The maximum atomic E-state index is 12.3. The summed E-state index contributed by atoms with van der Waals surface area (Å²) in [5.74, 6) is -0.436. The van der Waals surface area contributed by atoms with Crippen molar-refractivity contribution < 1.29 is 24.2 Å². The number of benzene rings is 1. The molecule has 1 amide bonds. The second-order valence-electron chi connectivity index (χ2n) is 4.99. The Hall–Kier alpha value is -1.76. The fourth-order valence-corrected chi connectivity index (χ4v) is 2.71. The van der Waals surface area contributed by atoms with Crippen LogP contribution in [-0.2, 0) is 4.79 Å². The number of rotatable bonds is 6. The fourth-order valence-electron chi connectivity index (χ4n) is 2.15. The molecule has 1 aromatic rings. The summed E-state index contributed by atoms with van der Waals surface area (Å²) in [6.45, 7) is 2.84. The molecule has 0 radical (unpaired) electrons. The van der Waals surface area contributed by atoms with Gasteiger partial charge in [0.2, 0.25) is 0 Å². The molecule has 0 saturated carbocycles. The zero-order chi connectivity index (χ0) is 16.1. The molecule has 2 N–H and O–H groups in total. The molecule has 1 unspecified atom stereocenters. The number of ether oxygens (including phenoxy) is 2. The lowest BCUT2D eigenvalue weighted by Crippen LogP contribution is -2.40. The van der Waals surface area contributed by atoms with Crippen molar-refractivity contribution in [2.24, 2.45) is 0 Å². The lowest BCUT2D eigenvalue weighted by molar-refractivity contribution is -0.139. The molecule has 1 aliphatic heterocycles. The Kier molecular flexibility index (Phi) is 5.65. The van der Waals surface area contributed by atoms with Crippen LogP contribution in [0.5, 0.6) is 11.5 Å². The maximum Gasteiger partial charge on any atom is 0.326 e. The van der Waals surface area contributed by atoms with Crippen molar-refractivity contribution in [2.75, 3.05) is 13.2 Å². The van der Waals surface area contributed by atoms with E-state index in [1.54, 1.807) is 12.1 Å². The topological polar surface area (TPSA) is 84.9 Å². The first-order valence-corrected chi connectivity index (χ1v) is 7.95. The van der Waals surface area contributed by atoms with E-state index < -0.39 is 17.9 Å². The predicted octanol–water partition coefficient (Wildman–Crippen LogP) is 2.59. The van der Waals surface area contributed by atoms with Crippen LogP contribution in [0.2, 0.25) is 0 Å². The number of carboxylic acids is 1. The van der Waals surface area contributed by atoms with E-state index in [1.165, 1.54) is 0 Å². The minimum absolute atomic E-state index is 0.332. The van der Waals surface area contributed by atoms with Gasteiger partial charge in [-0.05, 0) is 34.5 Å². The summed E-state index contributed by atoms with van der Waals surface area (Å²) in [6.07, 6.45) is 2.01. The molecule has 0 fully saturated rings. The highest BCUT2D eigenvalue weighted by Gasteiger charge is 2.23. The van der Waals surface area contributed by atoms with E-state index in [4.69, 9.17) is 9.47 Å². The molecule has 6 nitrogen and oxygen atoms in total. The van der Waals surface area contributed by atoms with Crippen LogP contribution in [0.25, 0.3) is 0 Å². The molecule has 0 saturated heterocycles.